The average Bonchev–Trinajstić information content (AvgIpc) is 3.69. The number of para-hydroxylation sites is 2. The van der Waals surface area contributed by atoms with E-state index in [0.29, 0.717) is 35.0 Å². The Bertz CT molecular complexity index is 2260. The number of hydrogen-bond donors (Lipinski definition) is 2. The highest BCUT2D eigenvalue weighted by atomic mass is 16.6. The van der Waals surface area contributed by atoms with Gasteiger partial charge in [-0.25, -0.2) is 4.79 Å². The number of ether oxygens (including phenoxy) is 1. The number of nitrogens with one attached hydrogen (secondary N) is 1. The van der Waals surface area contributed by atoms with Crippen LogP contribution in [0.2, 0.25) is 0 Å². The number of aromatic nitrogens is 2. The van der Waals surface area contributed by atoms with E-state index >= 15 is 0 Å². The second kappa shape index (κ2) is 10.7. The molecule has 2 atom stereocenters. The van der Waals surface area contributed by atoms with Gasteiger partial charge < -0.3 is 23.9 Å². The van der Waals surface area contributed by atoms with E-state index in [1.54, 1.807) is 4.90 Å². The van der Waals surface area contributed by atoms with Crippen molar-refractivity contribution in [1.29, 1.82) is 0 Å². The summed E-state index contributed by atoms with van der Waals surface area (Å²) in [5.41, 5.74) is 5.29. The lowest BCUT2D eigenvalue weighted by Gasteiger charge is -2.36. The maximum absolute atomic E-state index is 13.6. The summed E-state index contributed by atoms with van der Waals surface area (Å²) in [6.07, 6.45) is -1.36. The van der Waals surface area contributed by atoms with Gasteiger partial charge in [0.2, 0.25) is 0 Å². The molecule has 3 amide bonds. The van der Waals surface area contributed by atoms with Crippen molar-refractivity contribution in [2.24, 2.45) is 0 Å². The molecule has 2 unspecified atom stereocenters. The Balaban J connectivity index is 1.09. The van der Waals surface area contributed by atoms with E-state index in [1.165, 1.54) is 5.56 Å². The zero-order valence-corrected chi connectivity index (χ0v) is 25.7. The first kappa shape index (κ1) is 28.1. The van der Waals surface area contributed by atoms with Gasteiger partial charge in [0.15, 0.2) is 0 Å². The van der Waals surface area contributed by atoms with Gasteiger partial charge in [-0.2, -0.15) is 0 Å². The minimum atomic E-state index is -1.03. The summed E-state index contributed by atoms with van der Waals surface area (Å²) in [5, 5.41) is 17.4. The standard InChI is InChI=1S/C37H33N5O5/c43-27-20-41-25-12-6-4-10-23(25)29-31-32(36(45)38-35(31)44)30-24-11-5-7-13-26(24)42(34(30)33(29)41)21-28(27)47-37(46)40-18-16-39(17-19-40)15-14-22-8-2-1-3-9-22/h1-13,27-28,43H,14-21H2,(H,38,44,45). The van der Waals surface area contributed by atoms with Crippen LogP contribution in [0.1, 0.15) is 26.3 Å². The molecule has 1 saturated heterocycles. The maximum atomic E-state index is 13.6. The molecule has 0 saturated carbocycles. The van der Waals surface area contributed by atoms with E-state index in [1.807, 2.05) is 59.2 Å². The first-order valence-electron chi connectivity index (χ1n) is 16.2. The minimum absolute atomic E-state index is 0.153. The van der Waals surface area contributed by atoms with Gasteiger partial charge in [-0.05, 0) is 24.1 Å². The van der Waals surface area contributed by atoms with Crippen LogP contribution in [0.4, 0.5) is 4.79 Å². The molecule has 0 spiro atoms. The summed E-state index contributed by atoms with van der Waals surface area (Å²) >= 11 is 0. The molecule has 9 rings (SSSR count). The van der Waals surface area contributed by atoms with Gasteiger partial charge in [-0.15, -0.1) is 0 Å². The fourth-order valence-electron chi connectivity index (χ4n) is 7.93. The van der Waals surface area contributed by atoms with E-state index in [-0.39, 0.29) is 13.1 Å². The lowest BCUT2D eigenvalue weighted by atomic mass is 9.96. The SMILES string of the molecule is O=C1NC(=O)c2c1c1c3ccccc3n3c1c1c2c2ccccc2n1CC(OC(=O)N1CCN(CCc2ccccc2)CC1)C(O)C3. The number of nitrogens with zero attached hydrogens (tertiary/aromatic N) is 4. The number of piperazine rings is 1. The quantitative estimate of drug-likeness (QED) is 0.278. The Morgan fingerprint density at radius 3 is 1.91 bits per heavy atom. The first-order chi connectivity index (χ1) is 23.0. The molecule has 1 fully saturated rings. The van der Waals surface area contributed by atoms with Gasteiger partial charge in [-0.3, -0.25) is 19.8 Å². The molecule has 5 heterocycles. The predicted octanol–water partition coefficient (Wildman–Crippen LogP) is 4.53. The van der Waals surface area contributed by atoms with Crippen LogP contribution in [0.3, 0.4) is 0 Å². The third-order valence-electron chi connectivity index (χ3n) is 10.2. The van der Waals surface area contributed by atoms with Gasteiger partial charge >= 0.3 is 6.09 Å². The smallest absolute Gasteiger partial charge is 0.410 e. The summed E-state index contributed by atoms with van der Waals surface area (Å²) < 4.78 is 10.3. The Hall–Kier alpha value is -5.19. The number of fused-ring (bicyclic) bond motifs is 9. The second-order valence-corrected chi connectivity index (χ2v) is 12.8. The van der Waals surface area contributed by atoms with Crippen molar-refractivity contribution >= 4 is 61.5 Å². The Labute approximate surface area is 269 Å². The fraction of sp³-hybridized carbons (Fsp3) is 0.270. The maximum Gasteiger partial charge on any atom is 0.410 e. The number of hydrogen-bond acceptors (Lipinski definition) is 6. The molecule has 3 aliphatic rings. The molecule has 10 heteroatoms. The summed E-state index contributed by atoms with van der Waals surface area (Å²) in [5.74, 6) is -0.833. The zero-order chi connectivity index (χ0) is 31.8. The highest BCUT2D eigenvalue weighted by Crippen LogP contribution is 2.45. The van der Waals surface area contributed by atoms with Crippen molar-refractivity contribution in [3.63, 3.8) is 0 Å². The molecule has 0 radical (unpaired) electrons. The molecule has 0 aliphatic carbocycles. The second-order valence-electron chi connectivity index (χ2n) is 12.8. The van der Waals surface area contributed by atoms with Crippen molar-refractivity contribution < 1.29 is 24.2 Å². The van der Waals surface area contributed by atoms with Gasteiger partial charge in [-0.1, -0.05) is 66.7 Å². The van der Waals surface area contributed by atoms with Crippen LogP contribution in [0.25, 0.3) is 43.6 Å². The number of benzene rings is 4. The van der Waals surface area contributed by atoms with Crippen LogP contribution >= 0.6 is 0 Å². The molecule has 4 aromatic carbocycles. The van der Waals surface area contributed by atoms with Crippen molar-refractivity contribution in [3.8, 4) is 0 Å². The van der Waals surface area contributed by atoms with Gasteiger partial charge in [0.25, 0.3) is 11.8 Å². The molecule has 10 nitrogen and oxygen atoms in total. The molecule has 236 valence electrons. The van der Waals surface area contributed by atoms with Crippen molar-refractivity contribution in [3.05, 3.63) is 95.6 Å². The Kier molecular flexibility index (Phi) is 6.38. The van der Waals surface area contributed by atoms with Crippen LogP contribution in [0, 0.1) is 0 Å². The van der Waals surface area contributed by atoms with Crippen LogP contribution in [0.15, 0.2) is 78.9 Å². The molecule has 2 aromatic heterocycles. The minimum Gasteiger partial charge on any atom is -0.441 e. The number of aliphatic hydroxyl groups excluding tert-OH is 1. The molecule has 47 heavy (non-hydrogen) atoms. The number of amides is 3. The molecule has 3 aliphatic heterocycles. The van der Waals surface area contributed by atoms with Gasteiger partial charge in [0, 0.05) is 65.3 Å². The number of carbonyl (C=O) groups is 3. The van der Waals surface area contributed by atoms with E-state index in [4.69, 9.17) is 4.74 Å². The molecular formula is C37H33N5O5. The van der Waals surface area contributed by atoms with E-state index in [0.717, 1.165) is 58.9 Å². The zero-order valence-electron chi connectivity index (χ0n) is 25.7. The van der Waals surface area contributed by atoms with E-state index < -0.39 is 30.1 Å². The number of aliphatic hydroxyl groups is 1. The number of rotatable bonds is 4. The van der Waals surface area contributed by atoms with Crippen molar-refractivity contribution in [2.75, 3.05) is 32.7 Å². The van der Waals surface area contributed by atoms with E-state index in [9.17, 15) is 19.5 Å². The number of carbonyl (C=O) groups excluding carboxylic acids is 3. The van der Waals surface area contributed by atoms with Crippen molar-refractivity contribution in [2.45, 2.75) is 31.7 Å². The van der Waals surface area contributed by atoms with Gasteiger partial charge in [0.05, 0.1) is 35.2 Å². The molecular weight excluding hydrogens is 594 g/mol. The predicted molar refractivity (Wildman–Crippen MR) is 179 cm³/mol. The summed E-state index contributed by atoms with van der Waals surface area (Å²) in [6.45, 7) is 3.88. The summed E-state index contributed by atoms with van der Waals surface area (Å²) in [4.78, 5) is 44.5. The van der Waals surface area contributed by atoms with Crippen LogP contribution in [0.5, 0.6) is 0 Å². The Morgan fingerprint density at radius 1 is 0.745 bits per heavy atom. The van der Waals surface area contributed by atoms with E-state index in [2.05, 4.69) is 39.0 Å². The Morgan fingerprint density at radius 2 is 1.30 bits per heavy atom. The third kappa shape index (κ3) is 4.28. The largest absolute Gasteiger partial charge is 0.441 e. The number of imide groups is 1. The summed E-state index contributed by atoms with van der Waals surface area (Å²) in [6, 6.07) is 25.9. The first-order valence-corrected chi connectivity index (χ1v) is 16.2. The van der Waals surface area contributed by atoms with Crippen LogP contribution < -0.4 is 5.32 Å². The highest BCUT2D eigenvalue weighted by Gasteiger charge is 2.39. The molecule has 6 aromatic rings. The lowest BCUT2D eigenvalue weighted by Crippen LogP contribution is -2.51. The lowest BCUT2D eigenvalue weighted by molar-refractivity contribution is -0.0289. The fourth-order valence-corrected chi connectivity index (χ4v) is 7.93. The monoisotopic (exact) mass is 627 g/mol. The average molecular weight is 628 g/mol. The van der Waals surface area contributed by atoms with Crippen molar-refractivity contribution in [1.82, 2.24) is 24.3 Å². The topological polar surface area (TPSA) is 109 Å². The van der Waals surface area contributed by atoms with Crippen LogP contribution in [-0.4, -0.2) is 86.9 Å². The normalized spacial score (nSPS) is 19.9. The van der Waals surface area contributed by atoms with Gasteiger partial charge in [0.1, 0.15) is 12.2 Å². The highest BCUT2D eigenvalue weighted by molar-refractivity contribution is 6.39. The molecule has 0 bridgehead atoms. The third-order valence-corrected chi connectivity index (χ3v) is 10.2. The van der Waals surface area contributed by atoms with Crippen LogP contribution in [-0.2, 0) is 24.2 Å². The molecule has 2 N–H and O–H groups in total. The summed E-state index contributed by atoms with van der Waals surface area (Å²) in [7, 11) is 0.